The van der Waals surface area contributed by atoms with E-state index in [-0.39, 0.29) is 17.7 Å². The van der Waals surface area contributed by atoms with Crippen molar-refractivity contribution in [2.45, 2.75) is 25.3 Å². The second kappa shape index (κ2) is 7.48. The number of rotatable bonds is 5. The highest BCUT2D eigenvalue weighted by Gasteiger charge is 2.31. The molecule has 6 heteroatoms. The zero-order chi connectivity index (χ0) is 18.8. The van der Waals surface area contributed by atoms with Gasteiger partial charge in [0.25, 0.3) is 5.91 Å². The van der Waals surface area contributed by atoms with E-state index in [1.807, 2.05) is 29.6 Å². The fourth-order valence-corrected chi connectivity index (χ4v) is 4.25. The van der Waals surface area contributed by atoms with E-state index in [1.54, 1.807) is 34.0 Å². The van der Waals surface area contributed by atoms with Gasteiger partial charge in [0.15, 0.2) is 5.78 Å². The number of thiophene rings is 1. The van der Waals surface area contributed by atoms with E-state index in [0.717, 1.165) is 17.7 Å². The van der Waals surface area contributed by atoms with Gasteiger partial charge in [-0.05, 0) is 54.6 Å². The van der Waals surface area contributed by atoms with Crippen LogP contribution in [0.4, 0.5) is 4.39 Å². The van der Waals surface area contributed by atoms with Crippen LogP contribution >= 0.6 is 11.3 Å². The Hall–Kier alpha value is -2.73. The Balaban J connectivity index is 1.51. The minimum atomic E-state index is -0.442. The monoisotopic (exact) mass is 382 g/mol. The Bertz CT molecular complexity index is 951. The number of Topliss-reactive ketones (excluding diaryl/α,β-unsaturated/α-hetero) is 1. The number of amides is 1. The van der Waals surface area contributed by atoms with E-state index in [4.69, 9.17) is 0 Å². The quantitative estimate of drug-likeness (QED) is 0.607. The molecule has 0 bridgehead atoms. The number of benzene rings is 1. The topological polar surface area (TPSA) is 42.3 Å². The van der Waals surface area contributed by atoms with E-state index >= 15 is 0 Å². The van der Waals surface area contributed by atoms with Gasteiger partial charge in [-0.25, -0.2) is 4.39 Å². The van der Waals surface area contributed by atoms with Gasteiger partial charge in [0.1, 0.15) is 5.82 Å². The molecule has 1 atom stereocenters. The minimum Gasteiger partial charge on any atom is -0.335 e. The van der Waals surface area contributed by atoms with Gasteiger partial charge in [-0.3, -0.25) is 9.59 Å². The molecular formula is C21H19FN2O2S. The molecule has 1 aliphatic rings. The Morgan fingerprint density at radius 2 is 1.96 bits per heavy atom. The van der Waals surface area contributed by atoms with Gasteiger partial charge >= 0.3 is 0 Å². The van der Waals surface area contributed by atoms with Gasteiger partial charge < -0.3 is 9.47 Å². The van der Waals surface area contributed by atoms with Crippen LogP contribution < -0.4 is 0 Å². The standard InChI is InChI=1S/C21H19FN2O2S/c22-17-13-15(7-8-18(17)23-9-1-2-10-23)21(26)24-11-3-5-16(24)14-19(25)20-6-4-12-27-20/h1-2,4,6-10,12-13,16H,3,5,11,14H2. The zero-order valence-electron chi connectivity index (χ0n) is 14.7. The number of hydrogen-bond acceptors (Lipinski definition) is 3. The summed E-state index contributed by atoms with van der Waals surface area (Å²) in [6.45, 7) is 0.599. The largest absolute Gasteiger partial charge is 0.335 e. The molecule has 0 N–H and O–H groups in total. The fraction of sp³-hybridized carbons (Fsp3) is 0.238. The predicted molar refractivity (Wildman–Crippen MR) is 103 cm³/mol. The highest BCUT2D eigenvalue weighted by Crippen LogP contribution is 2.26. The molecule has 27 heavy (non-hydrogen) atoms. The van der Waals surface area contributed by atoms with Gasteiger partial charge in [-0.1, -0.05) is 6.07 Å². The molecule has 4 nitrogen and oxygen atoms in total. The van der Waals surface area contributed by atoms with Crippen LogP contribution in [0.2, 0.25) is 0 Å². The molecule has 3 aromatic rings. The summed E-state index contributed by atoms with van der Waals surface area (Å²) in [6.07, 6.45) is 5.49. The zero-order valence-corrected chi connectivity index (χ0v) is 15.5. The number of halogens is 1. The van der Waals surface area contributed by atoms with Gasteiger partial charge in [-0.2, -0.15) is 0 Å². The third kappa shape index (κ3) is 3.57. The Labute approximate surface area is 160 Å². The van der Waals surface area contributed by atoms with Crippen LogP contribution in [0.15, 0.2) is 60.2 Å². The second-order valence-corrected chi connectivity index (χ2v) is 7.60. The lowest BCUT2D eigenvalue weighted by Gasteiger charge is -2.24. The lowest BCUT2D eigenvalue weighted by molar-refractivity contribution is 0.0717. The van der Waals surface area contributed by atoms with Crippen molar-refractivity contribution in [3.05, 3.63) is 76.5 Å². The van der Waals surface area contributed by atoms with E-state index in [1.165, 1.54) is 17.4 Å². The Kier molecular flexibility index (Phi) is 4.90. The SMILES string of the molecule is O=C(CC1CCCN1C(=O)c1ccc(-n2cccc2)c(F)c1)c1cccs1. The van der Waals surface area contributed by atoms with Gasteiger partial charge in [0, 0.05) is 37.0 Å². The molecule has 2 aromatic heterocycles. The molecule has 0 spiro atoms. The average molecular weight is 382 g/mol. The van der Waals surface area contributed by atoms with E-state index in [2.05, 4.69) is 0 Å². The Morgan fingerprint density at radius 1 is 1.15 bits per heavy atom. The van der Waals surface area contributed by atoms with Crippen LogP contribution in [-0.4, -0.2) is 33.7 Å². The first-order valence-electron chi connectivity index (χ1n) is 8.94. The first-order valence-corrected chi connectivity index (χ1v) is 9.82. The van der Waals surface area contributed by atoms with E-state index in [0.29, 0.717) is 24.2 Å². The van der Waals surface area contributed by atoms with Crippen LogP contribution in [0.1, 0.15) is 39.3 Å². The summed E-state index contributed by atoms with van der Waals surface area (Å²) >= 11 is 1.42. The smallest absolute Gasteiger partial charge is 0.254 e. The average Bonchev–Trinajstić information content (AvgIpc) is 3.42. The fourth-order valence-electron chi connectivity index (χ4n) is 3.58. The third-order valence-electron chi connectivity index (χ3n) is 4.93. The van der Waals surface area contributed by atoms with Crippen molar-refractivity contribution in [3.8, 4) is 5.69 Å². The van der Waals surface area contributed by atoms with Gasteiger partial charge in [-0.15, -0.1) is 11.3 Å². The number of carbonyl (C=O) groups excluding carboxylic acids is 2. The van der Waals surface area contributed by atoms with Crippen molar-refractivity contribution in [1.29, 1.82) is 0 Å². The van der Waals surface area contributed by atoms with Crippen LogP contribution in [0.25, 0.3) is 5.69 Å². The van der Waals surface area contributed by atoms with Crippen LogP contribution in [-0.2, 0) is 0 Å². The molecule has 1 fully saturated rings. The molecule has 1 aromatic carbocycles. The lowest BCUT2D eigenvalue weighted by atomic mass is 10.1. The van der Waals surface area contributed by atoms with Crippen molar-refractivity contribution in [2.24, 2.45) is 0 Å². The van der Waals surface area contributed by atoms with Gasteiger partial charge in [0.05, 0.1) is 10.6 Å². The first-order chi connectivity index (χ1) is 13.1. The molecule has 0 aliphatic carbocycles. The van der Waals surface area contributed by atoms with Crippen molar-refractivity contribution >= 4 is 23.0 Å². The van der Waals surface area contributed by atoms with Crippen LogP contribution in [0, 0.1) is 5.82 Å². The molecule has 1 saturated heterocycles. The number of ketones is 1. The number of aromatic nitrogens is 1. The summed E-state index contributed by atoms with van der Waals surface area (Å²) in [5.74, 6) is -0.597. The molecule has 1 amide bonds. The number of hydrogen-bond donors (Lipinski definition) is 0. The molecule has 138 valence electrons. The normalized spacial score (nSPS) is 16.6. The Morgan fingerprint density at radius 3 is 2.67 bits per heavy atom. The highest BCUT2D eigenvalue weighted by atomic mass is 32.1. The summed E-state index contributed by atoms with van der Waals surface area (Å²) in [4.78, 5) is 27.8. The van der Waals surface area contributed by atoms with Crippen LogP contribution in [0.3, 0.4) is 0 Å². The molecule has 4 rings (SSSR count). The third-order valence-corrected chi connectivity index (χ3v) is 5.84. The maximum atomic E-state index is 14.5. The van der Waals surface area contributed by atoms with E-state index in [9.17, 15) is 14.0 Å². The number of likely N-dealkylation sites (tertiary alicyclic amines) is 1. The minimum absolute atomic E-state index is 0.0591. The van der Waals surface area contributed by atoms with Crippen LogP contribution in [0.5, 0.6) is 0 Å². The maximum absolute atomic E-state index is 14.5. The van der Waals surface area contributed by atoms with Crippen molar-refractivity contribution in [3.63, 3.8) is 0 Å². The summed E-state index contributed by atoms with van der Waals surface area (Å²) in [5, 5.41) is 1.87. The second-order valence-electron chi connectivity index (χ2n) is 6.66. The van der Waals surface area contributed by atoms with Crippen molar-refractivity contribution in [2.75, 3.05) is 6.54 Å². The molecule has 0 radical (unpaired) electrons. The number of nitrogens with zero attached hydrogens (tertiary/aromatic N) is 2. The summed E-state index contributed by atoms with van der Waals surface area (Å²) in [5.41, 5.74) is 0.723. The first kappa shape index (κ1) is 17.7. The summed E-state index contributed by atoms with van der Waals surface area (Å²) in [7, 11) is 0. The number of carbonyl (C=O) groups is 2. The summed E-state index contributed by atoms with van der Waals surface area (Å²) in [6, 6.07) is 11.7. The molecule has 1 unspecified atom stereocenters. The van der Waals surface area contributed by atoms with Gasteiger partial charge in [0.2, 0.25) is 0 Å². The highest BCUT2D eigenvalue weighted by molar-refractivity contribution is 7.12. The maximum Gasteiger partial charge on any atom is 0.254 e. The molecule has 3 heterocycles. The summed E-state index contributed by atoms with van der Waals surface area (Å²) < 4.78 is 16.2. The predicted octanol–water partition coefficient (Wildman–Crippen LogP) is 4.56. The van der Waals surface area contributed by atoms with E-state index < -0.39 is 5.82 Å². The molecule has 0 saturated carbocycles. The molecular weight excluding hydrogens is 363 g/mol. The lowest BCUT2D eigenvalue weighted by Crippen LogP contribution is -2.36. The van der Waals surface area contributed by atoms with Crippen molar-refractivity contribution < 1.29 is 14.0 Å². The molecule has 1 aliphatic heterocycles. The van der Waals surface area contributed by atoms with Crippen molar-refractivity contribution in [1.82, 2.24) is 9.47 Å².